The molecule has 1 atom stereocenters. The van der Waals surface area contributed by atoms with Crippen LogP contribution in [0.15, 0.2) is 6.20 Å². The molecule has 0 N–H and O–H groups in total. The van der Waals surface area contributed by atoms with Crippen LogP contribution in [0.4, 0.5) is 0 Å². The predicted molar refractivity (Wildman–Crippen MR) is 76.6 cm³/mol. The van der Waals surface area contributed by atoms with Crippen LogP contribution in [0, 0.1) is 0 Å². The average Bonchev–Trinajstić information content (AvgIpc) is 2.58. The van der Waals surface area contributed by atoms with Gasteiger partial charge in [0.25, 0.3) is 0 Å². The van der Waals surface area contributed by atoms with Crippen molar-refractivity contribution in [2.75, 3.05) is 20.6 Å². The van der Waals surface area contributed by atoms with Crippen LogP contribution in [0.3, 0.4) is 0 Å². The van der Waals surface area contributed by atoms with Gasteiger partial charge in [0.1, 0.15) is 5.78 Å². The van der Waals surface area contributed by atoms with E-state index in [0.717, 1.165) is 44.5 Å². The van der Waals surface area contributed by atoms with Crippen LogP contribution in [0.2, 0.25) is 5.02 Å². The van der Waals surface area contributed by atoms with Crippen molar-refractivity contribution < 1.29 is 4.79 Å². The lowest BCUT2D eigenvalue weighted by atomic mass is 9.95. The van der Waals surface area contributed by atoms with Gasteiger partial charge in [-0.2, -0.15) is 5.10 Å². The Bertz CT molecular complexity index is 442. The van der Waals surface area contributed by atoms with E-state index in [2.05, 4.69) is 10.00 Å². The van der Waals surface area contributed by atoms with Crippen LogP contribution in [-0.2, 0) is 11.3 Å². The molecular weight excluding hydrogens is 262 g/mol. The maximum Gasteiger partial charge on any atom is 0.141 e. The van der Waals surface area contributed by atoms with E-state index in [9.17, 15) is 4.79 Å². The molecule has 19 heavy (non-hydrogen) atoms. The molecule has 0 amide bonds. The summed E-state index contributed by atoms with van der Waals surface area (Å²) in [4.78, 5) is 14.4. The topological polar surface area (TPSA) is 38.1 Å². The molecule has 0 aromatic carbocycles. The molecule has 4 nitrogen and oxygen atoms in total. The summed E-state index contributed by atoms with van der Waals surface area (Å²) < 4.78 is 1.91. The lowest BCUT2D eigenvalue weighted by molar-refractivity contribution is -0.120. The summed E-state index contributed by atoms with van der Waals surface area (Å²) in [6, 6.07) is 0. The minimum atomic E-state index is -0.0559. The third kappa shape index (κ3) is 3.57. The van der Waals surface area contributed by atoms with Gasteiger partial charge in [-0.1, -0.05) is 24.4 Å². The van der Waals surface area contributed by atoms with Crippen LogP contribution >= 0.6 is 11.6 Å². The van der Waals surface area contributed by atoms with Crippen LogP contribution in [0.25, 0.3) is 0 Å². The number of nitrogens with zero attached hydrogens (tertiary/aromatic N) is 3. The standard InChI is InChI=1S/C14H22ClN3O/c1-17(2)8-9-18-14(12(15)10-16-18)11-6-4-3-5-7-13(11)19/h10-11H,3-9H2,1-2H3. The number of carbonyl (C=O) groups excluding carboxylic acids is 1. The molecule has 1 heterocycles. The Labute approximate surface area is 119 Å². The SMILES string of the molecule is CN(C)CCn1ncc(Cl)c1C1CCCCCC1=O. The van der Waals surface area contributed by atoms with Gasteiger partial charge in [-0.15, -0.1) is 0 Å². The number of carbonyl (C=O) groups is 1. The highest BCUT2D eigenvalue weighted by molar-refractivity contribution is 6.31. The summed E-state index contributed by atoms with van der Waals surface area (Å²) in [6.07, 6.45) is 6.52. The molecule has 1 aliphatic carbocycles. The maximum atomic E-state index is 12.2. The first-order valence-corrected chi connectivity index (χ1v) is 7.36. The Balaban J connectivity index is 2.21. The number of aromatic nitrogens is 2. The lowest BCUT2D eigenvalue weighted by Crippen LogP contribution is -2.23. The van der Waals surface area contributed by atoms with E-state index in [1.165, 1.54) is 0 Å². The highest BCUT2D eigenvalue weighted by Gasteiger charge is 2.27. The van der Waals surface area contributed by atoms with E-state index in [-0.39, 0.29) is 5.92 Å². The number of Topliss-reactive ketones (excluding diaryl/α,β-unsaturated/α-hetero) is 1. The summed E-state index contributed by atoms with van der Waals surface area (Å²) in [7, 11) is 4.06. The largest absolute Gasteiger partial charge is 0.308 e. The van der Waals surface area contributed by atoms with Crippen molar-refractivity contribution in [1.29, 1.82) is 0 Å². The summed E-state index contributed by atoms with van der Waals surface area (Å²) in [5, 5.41) is 4.97. The third-order valence-corrected chi connectivity index (χ3v) is 4.02. The number of hydrogen-bond donors (Lipinski definition) is 0. The van der Waals surface area contributed by atoms with E-state index >= 15 is 0 Å². The van der Waals surface area contributed by atoms with Crippen molar-refractivity contribution in [3.8, 4) is 0 Å². The van der Waals surface area contributed by atoms with Crippen LogP contribution in [0.5, 0.6) is 0 Å². The Morgan fingerprint density at radius 2 is 2.21 bits per heavy atom. The van der Waals surface area contributed by atoms with E-state index in [1.807, 2.05) is 18.8 Å². The summed E-state index contributed by atoms with van der Waals surface area (Å²) in [6.45, 7) is 1.67. The minimum Gasteiger partial charge on any atom is -0.308 e. The second-order valence-corrected chi connectivity index (χ2v) is 5.93. The number of ketones is 1. The van der Waals surface area contributed by atoms with E-state index in [0.29, 0.717) is 17.2 Å². The molecule has 1 fully saturated rings. The predicted octanol–water partition coefficient (Wildman–Crippen LogP) is 2.71. The fraction of sp³-hybridized carbons (Fsp3) is 0.714. The van der Waals surface area contributed by atoms with Gasteiger partial charge in [0, 0.05) is 13.0 Å². The Kier molecular flexibility index (Phi) is 4.99. The number of hydrogen-bond acceptors (Lipinski definition) is 3. The Morgan fingerprint density at radius 1 is 1.42 bits per heavy atom. The van der Waals surface area contributed by atoms with Crippen molar-refractivity contribution in [2.24, 2.45) is 0 Å². The maximum absolute atomic E-state index is 12.2. The Morgan fingerprint density at radius 3 is 2.95 bits per heavy atom. The molecule has 0 aliphatic heterocycles. The number of likely N-dealkylation sites (N-methyl/N-ethyl adjacent to an activating group) is 1. The smallest absolute Gasteiger partial charge is 0.141 e. The van der Waals surface area contributed by atoms with Gasteiger partial charge in [0.2, 0.25) is 0 Å². The molecule has 0 saturated heterocycles. The summed E-state index contributed by atoms with van der Waals surface area (Å²) in [5.41, 5.74) is 0.926. The van der Waals surface area contributed by atoms with Crippen LogP contribution < -0.4 is 0 Å². The molecule has 1 saturated carbocycles. The van der Waals surface area contributed by atoms with E-state index < -0.39 is 0 Å². The van der Waals surface area contributed by atoms with Crippen molar-refractivity contribution in [1.82, 2.24) is 14.7 Å². The van der Waals surface area contributed by atoms with Gasteiger partial charge in [-0.05, 0) is 26.9 Å². The van der Waals surface area contributed by atoms with Gasteiger partial charge >= 0.3 is 0 Å². The van der Waals surface area contributed by atoms with Gasteiger partial charge in [0.05, 0.1) is 29.4 Å². The van der Waals surface area contributed by atoms with E-state index in [1.54, 1.807) is 6.20 Å². The number of halogens is 1. The molecule has 5 heteroatoms. The van der Waals surface area contributed by atoms with Gasteiger partial charge in [0.15, 0.2) is 0 Å². The zero-order chi connectivity index (χ0) is 13.8. The van der Waals surface area contributed by atoms with Gasteiger partial charge in [-0.25, -0.2) is 0 Å². The fourth-order valence-corrected chi connectivity index (χ4v) is 2.91. The summed E-state index contributed by atoms with van der Waals surface area (Å²) >= 11 is 6.26. The fourth-order valence-electron chi connectivity index (χ4n) is 2.64. The van der Waals surface area contributed by atoms with E-state index in [4.69, 9.17) is 11.6 Å². The molecule has 0 radical (unpaired) electrons. The van der Waals surface area contributed by atoms with Crippen molar-refractivity contribution in [3.63, 3.8) is 0 Å². The molecule has 0 bridgehead atoms. The molecule has 1 aliphatic rings. The molecule has 1 aromatic heterocycles. The number of rotatable bonds is 4. The first-order valence-electron chi connectivity index (χ1n) is 6.98. The van der Waals surface area contributed by atoms with Crippen LogP contribution in [0.1, 0.15) is 43.7 Å². The monoisotopic (exact) mass is 283 g/mol. The lowest BCUT2D eigenvalue weighted by Gasteiger charge is -2.17. The highest BCUT2D eigenvalue weighted by atomic mass is 35.5. The molecule has 2 rings (SSSR count). The molecule has 1 unspecified atom stereocenters. The second kappa shape index (κ2) is 6.53. The van der Waals surface area contributed by atoms with Gasteiger partial charge in [-0.3, -0.25) is 9.48 Å². The third-order valence-electron chi connectivity index (χ3n) is 3.73. The van der Waals surface area contributed by atoms with Crippen molar-refractivity contribution in [2.45, 2.75) is 44.6 Å². The molecular formula is C14H22ClN3O. The summed E-state index contributed by atoms with van der Waals surface area (Å²) in [5.74, 6) is 0.269. The molecule has 1 aromatic rings. The zero-order valence-corrected chi connectivity index (χ0v) is 12.5. The van der Waals surface area contributed by atoms with Crippen molar-refractivity contribution in [3.05, 3.63) is 16.9 Å². The van der Waals surface area contributed by atoms with Crippen LogP contribution in [-0.4, -0.2) is 41.1 Å². The molecule has 0 spiro atoms. The first-order chi connectivity index (χ1) is 9.09. The Hall–Kier alpha value is -0.870. The van der Waals surface area contributed by atoms with Crippen molar-refractivity contribution >= 4 is 17.4 Å². The second-order valence-electron chi connectivity index (χ2n) is 5.52. The van der Waals surface area contributed by atoms with Gasteiger partial charge < -0.3 is 4.90 Å². The normalized spacial score (nSPS) is 20.8. The zero-order valence-electron chi connectivity index (χ0n) is 11.7. The quantitative estimate of drug-likeness (QED) is 0.798. The average molecular weight is 284 g/mol. The first kappa shape index (κ1) is 14.5. The minimum absolute atomic E-state index is 0.0559. The highest BCUT2D eigenvalue weighted by Crippen LogP contribution is 2.33. The molecule has 106 valence electrons.